The van der Waals surface area contributed by atoms with Crippen molar-refractivity contribution < 1.29 is 9.59 Å². The SMILES string of the molecule is [N-]=[N+]=NN[C@@H](CC(N)=O)C(N)=O. The number of hydrogen-bond donors (Lipinski definition) is 3. The van der Waals surface area contributed by atoms with Crippen LogP contribution in [0.2, 0.25) is 0 Å². The van der Waals surface area contributed by atoms with Crippen LogP contribution in [0, 0.1) is 0 Å². The first-order chi connectivity index (χ1) is 5.57. The molecule has 0 spiro atoms. The Bertz CT molecular complexity index is 228. The Hall–Kier alpha value is -1.95. The van der Waals surface area contributed by atoms with E-state index in [1.807, 2.05) is 5.43 Å². The van der Waals surface area contributed by atoms with Gasteiger partial charge in [0, 0.05) is 0 Å². The Balaban J connectivity index is 4.13. The average molecular weight is 172 g/mol. The Labute approximate surface area is 67.5 Å². The molecule has 5 N–H and O–H groups in total. The summed E-state index contributed by atoms with van der Waals surface area (Å²) in [4.78, 5) is 23.1. The summed E-state index contributed by atoms with van der Waals surface area (Å²) < 4.78 is 0. The predicted molar refractivity (Wildman–Crippen MR) is 39.1 cm³/mol. The molecule has 0 saturated heterocycles. The summed E-state index contributed by atoms with van der Waals surface area (Å²) in [5.41, 5.74) is 19.5. The van der Waals surface area contributed by atoms with Gasteiger partial charge in [0.15, 0.2) is 6.04 Å². The lowest BCUT2D eigenvalue weighted by atomic mass is 10.2. The molecule has 0 unspecified atom stereocenters. The maximum Gasteiger partial charge on any atom is 0.263 e. The maximum atomic E-state index is 10.5. The minimum atomic E-state index is -1.04. The summed E-state index contributed by atoms with van der Waals surface area (Å²) in [6.07, 6.45) is -0.297. The monoisotopic (exact) mass is 172 g/mol. The highest BCUT2D eigenvalue weighted by molar-refractivity contribution is 5.86. The molecule has 0 rings (SSSR count). The molecule has 12 heavy (non-hydrogen) atoms. The predicted octanol–water partition coefficient (Wildman–Crippen LogP) is -1.47. The number of azide groups is 1. The molecular weight excluding hydrogens is 164 g/mol. The molecule has 66 valence electrons. The van der Waals surface area contributed by atoms with Crippen molar-refractivity contribution in [2.45, 2.75) is 12.5 Å². The number of carbonyl (C=O) groups is 2. The lowest BCUT2D eigenvalue weighted by Crippen LogP contribution is -2.41. The van der Waals surface area contributed by atoms with E-state index in [-0.39, 0.29) is 6.42 Å². The van der Waals surface area contributed by atoms with Crippen LogP contribution in [0.4, 0.5) is 0 Å². The number of hydrogen-bond acceptors (Lipinski definition) is 3. The minimum absolute atomic E-state index is 0.297. The van der Waals surface area contributed by atoms with Crippen molar-refractivity contribution in [1.29, 1.82) is 0 Å². The first kappa shape index (κ1) is 10.0. The molecule has 0 aliphatic carbocycles. The lowest BCUT2D eigenvalue weighted by molar-refractivity contribution is -0.125. The number of nitrogens with zero attached hydrogens (tertiary/aromatic N) is 3. The zero-order chi connectivity index (χ0) is 9.56. The van der Waals surface area contributed by atoms with E-state index >= 15 is 0 Å². The fraction of sp³-hybridized carbons (Fsp3) is 0.500. The fourth-order valence-corrected chi connectivity index (χ4v) is 0.507. The number of nitrogens with one attached hydrogen (secondary N) is 1. The van der Waals surface area contributed by atoms with Crippen molar-refractivity contribution in [2.24, 2.45) is 16.7 Å². The Morgan fingerprint density at radius 1 is 1.58 bits per heavy atom. The van der Waals surface area contributed by atoms with E-state index in [0.717, 1.165) is 0 Å². The van der Waals surface area contributed by atoms with Crippen molar-refractivity contribution in [3.8, 4) is 0 Å². The molecule has 0 radical (unpaired) electrons. The van der Waals surface area contributed by atoms with E-state index in [1.54, 1.807) is 0 Å². The standard InChI is InChI=1S/C4H8N6O2/c5-3(11)1-2(4(6)12)8-10-9-7/h2,8H,1H2,(H2,5,11)(H2,6,12)/t2-/m0/s1. The molecule has 1 atom stereocenters. The van der Waals surface area contributed by atoms with Gasteiger partial charge in [-0.05, 0) is 5.22 Å². The summed E-state index contributed by atoms with van der Waals surface area (Å²) >= 11 is 0. The van der Waals surface area contributed by atoms with Gasteiger partial charge in [0.25, 0.3) is 5.91 Å². The van der Waals surface area contributed by atoms with Crippen LogP contribution in [-0.4, -0.2) is 17.9 Å². The van der Waals surface area contributed by atoms with E-state index in [4.69, 9.17) is 17.0 Å². The third-order valence-electron chi connectivity index (χ3n) is 1.01. The summed E-state index contributed by atoms with van der Waals surface area (Å²) in [5, 5.41) is 2.87. The van der Waals surface area contributed by atoms with Crippen LogP contribution in [0.15, 0.2) is 5.22 Å². The Morgan fingerprint density at radius 3 is 2.50 bits per heavy atom. The molecule has 0 aliphatic rings. The van der Waals surface area contributed by atoms with Crippen LogP contribution in [0.25, 0.3) is 10.4 Å². The van der Waals surface area contributed by atoms with Crippen LogP contribution >= 0.6 is 0 Å². The molecule has 0 saturated carbocycles. The van der Waals surface area contributed by atoms with Gasteiger partial charge >= 0.3 is 0 Å². The van der Waals surface area contributed by atoms with Gasteiger partial charge < -0.3 is 11.5 Å². The highest BCUT2D eigenvalue weighted by Gasteiger charge is 2.19. The van der Waals surface area contributed by atoms with Gasteiger partial charge in [-0.25, -0.2) is 5.43 Å². The zero-order valence-corrected chi connectivity index (χ0v) is 6.10. The van der Waals surface area contributed by atoms with Gasteiger partial charge in [-0.2, -0.15) is 4.91 Å². The molecule has 0 fully saturated rings. The van der Waals surface area contributed by atoms with Crippen molar-refractivity contribution in [3.63, 3.8) is 0 Å². The van der Waals surface area contributed by atoms with Crippen LogP contribution in [0.5, 0.6) is 0 Å². The summed E-state index contributed by atoms with van der Waals surface area (Å²) in [6.45, 7) is 0. The van der Waals surface area contributed by atoms with Crippen LogP contribution in [-0.2, 0) is 9.59 Å². The number of primary amides is 2. The van der Waals surface area contributed by atoms with E-state index in [0.29, 0.717) is 0 Å². The largest absolute Gasteiger partial charge is 0.370 e. The van der Waals surface area contributed by atoms with Gasteiger partial charge in [0.2, 0.25) is 5.91 Å². The van der Waals surface area contributed by atoms with Crippen molar-refractivity contribution in [1.82, 2.24) is 5.43 Å². The molecule has 0 aliphatic heterocycles. The Kier molecular flexibility index (Phi) is 4.02. The quantitative estimate of drug-likeness (QED) is 0.201. The summed E-state index contributed by atoms with van der Waals surface area (Å²) in [6, 6.07) is -1.04. The first-order valence-electron chi connectivity index (χ1n) is 2.95. The second-order valence-corrected chi connectivity index (χ2v) is 1.94. The third kappa shape index (κ3) is 3.96. The smallest absolute Gasteiger partial charge is 0.263 e. The van der Waals surface area contributed by atoms with Gasteiger partial charge in [0.1, 0.15) is 0 Å². The summed E-state index contributed by atoms with van der Waals surface area (Å²) in [7, 11) is 0. The second-order valence-electron chi connectivity index (χ2n) is 1.94. The lowest BCUT2D eigenvalue weighted by Gasteiger charge is -2.05. The molecule has 0 aromatic rings. The number of amides is 2. The number of rotatable bonds is 5. The third-order valence-corrected chi connectivity index (χ3v) is 1.01. The molecule has 0 aromatic carbocycles. The molecule has 2 amide bonds. The minimum Gasteiger partial charge on any atom is -0.370 e. The molecule has 0 aromatic heterocycles. The molecule has 8 nitrogen and oxygen atoms in total. The van der Waals surface area contributed by atoms with Crippen LogP contribution in [0.3, 0.4) is 0 Å². The normalized spacial score (nSPS) is 11.0. The first-order valence-corrected chi connectivity index (χ1v) is 2.95. The van der Waals surface area contributed by atoms with Crippen molar-refractivity contribution in [2.75, 3.05) is 0 Å². The molecule has 0 heterocycles. The second kappa shape index (κ2) is 4.80. The number of carbonyl (C=O) groups excluding carboxylic acids is 2. The zero-order valence-electron chi connectivity index (χ0n) is 6.10. The van der Waals surface area contributed by atoms with Crippen molar-refractivity contribution in [3.05, 3.63) is 10.4 Å². The van der Waals surface area contributed by atoms with Gasteiger partial charge in [-0.1, -0.05) is 0 Å². The van der Waals surface area contributed by atoms with E-state index < -0.39 is 17.9 Å². The number of nitrogens with two attached hydrogens (primary N) is 2. The van der Waals surface area contributed by atoms with Crippen LogP contribution in [0.1, 0.15) is 6.42 Å². The molecular formula is C4H8N6O2. The molecule has 0 bridgehead atoms. The highest BCUT2D eigenvalue weighted by atomic mass is 16.2. The maximum absolute atomic E-state index is 10.5. The highest BCUT2D eigenvalue weighted by Crippen LogP contribution is 1.89. The Morgan fingerprint density at radius 2 is 2.17 bits per heavy atom. The van der Waals surface area contributed by atoms with Gasteiger partial charge in [-0.3, -0.25) is 9.59 Å². The van der Waals surface area contributed by atoms with E-state index in [9.17, 15) is 9.59 Å². The molecule has 8 heteroatoms. The average Bonchev–Trinajstić information content (AvgIpc) is 1.96. The van der Waals surface area contributed by atoms with Crippen LogP contribution < -0.4 is 16.9 Å². The van der Waals surface area contributed by atoms with E-state index in [2.05, 4.69) is 10.1 Å². The van der Waals surface area contributed by atoms with Gasteiger partial charge in [0.05, 0.1) is 6.42 Å². The summed E-state index contributed by atoms with van der Waals surface area (Å²) in [5.74, 6) is -1.51. The topological polar surface area (TPSA) is 147 Å². The van der Waals surface area contributed by atoms with Crippen molar-refractivity contribution >= 4 is 11.8 Å². The fourth-order valence-electron chi connectivity index (χ4n) is 0.507. The van der Waals surface area contributed by atoms with E-state index in [1.165, 1.54) is 0 Å². The van der Waals surface area contributed by atoms with Gasteiger partial charge in [-0.15, -0.1) is 5.53 Å².